The van der Waals surface area contributed by atoms with Crippen LogP contribution in [-0.4, -0.2) is 23.0 Å². The molecule has 0 bridgehead atoms. The molecular weight excluding hydrogens is 268 g/mol. The molecule has 6 heteroatoms. The number of amides is 1. The van der Waals surface area contributed by atoms with Gasteiger partial charge in [0, 0.05) is 5.56 Å². The van der Waals surface area contributed by atoms with Crippen molar-refractivity contribution in [2.24, 2.45) is 0 Å². The lowest BCUT2D eigenvalue weighted by Crippen LogP contribution is -2.47. The predicted octanol–water partition coefficient (Wildman–Crippen LogP) is 2.54. The number of aliphatic carboxylic acids is 1. The first-order valence-corrected chi connectivity index (χ1v) is 6.36. The largest absolute Gasteiger partial charge is 0.480 e. The number of carboxylic acid groups (broad SMARTS) is 1. The number of carbonyl (C=O) groups excluding carboxylic acids is 1. The molecule has 0 aliphatic heterocycles. The molecule has 0 aliphatic rings. The highest BCUT2D eigenvalue weighted by atomic mass is 19.3. The number of nitrogens with one attached hydrogen (secondary N) is 1. The molecule has 0 aromatic heterocycles. The van der Waals surface area contributed by atoms with E-state index < -0.39 is 29.4 Å². The first-order valence-electron chi connectivity index (χ1n) is 6.36. The van der Waals surface area contributed by atoms with Crippen LogP contribution in [0.15, 0.2) is 30.3 Å². The van der Waals surface area contributed by atoms with Crippen LogP contribution in [0, 0.1) is 0 Å². The Morgan fingerprint density at radius 1 is 1.30 bits per heavy atom. The van der Waals surface area contributed by atoms with E-state index in [1.807, 2.05) is 12.2 Å². The molecule has 0 heterocycles. The molecule has 0 fully saturated rings. The molecule has 4 nitrogen and oxygen atoms in total. The molecule has 0 spiro atoms. The Bertz CT molecular complexity index is 463. The van der Waals surface area contributed by atoms with Crippen molar-refractivity contribution >= 4 is 11.9 Å². The van der Waals surface area contributed by atoms with Crippen LogP contribution in [0.25, 0.3) is 0 Å². The zero-order chi connectivity index (χ0) is 15.2. The first kappa shape index (κ1) is 16.1. The van der Waals surface area contributed by atoms with E-state index in [0.29, 0.717) is 12.8 Å². The van der Waals surface area contributed by atoms with Crippen molar-refractivity contribution in [3.05, 3.63) is 35.9 Å². The number of halogens is 2. The third kappa shape index (κ3) is 4.01. The van der Waals surface area contributed by atoms with Crippen LogP contribution in [0.4, 0.5) is 8.78 Å². The van der Waals surface area contributed by atoms with Crippen molar-refractivity contribution in [3.8, 4) is 0 Å². The van der Waals surface area contributed by atoms with Gasteiger partial charge in [-0.05, 0) is 6.42 Å². The highest BCUT2D eigenvalue weighted by Crippen LogP contribution is 2.28. The lowest BCUT2D eigenvalue weighted by atomic mass is 10.1. The van der Waals surface area contributed by atoms with Gasteiger partial charge in [-0.3, -0.25) is 4.79 Å². The van der Waals surface area contributed by atoms with Crippen LogP contribution >= 0.6 is 0 Å². The summed E-state index contributed by atoms with van der Waals surface area (Å²) in [5.74, 6) is -6.65. The summed E-state index contributed by atoms with van der Waals surface area (Å²) in [5, 5.41) is 10.8. The van der Waals surface area contributed by atoms with Gasteiger partial charge in [0.05, 0.1) is 0 Å². The Morgan fingerprint density at radius 2 is 1.90 bits per heavy atom. The summed E-state index contributed by atoms with van der Waals surface area (Å²) in [5.41, 5.74) is -0.461. The van der Waals surface area contributed by atoms with E-state index in [1.165, 1.54) is 12.1 Å². The highest BCUT2D eigenvalue weighted by Gasteiger charge is 2.42. The Kier molecular flexibility index (Phi) is 5.61. The van der Waals surface area contributed by atoms with E-state index in [2.05, 4.69) is 0 Å². The topological polar surface area (TPSA) is 66.4 Å². The molecule has 110 valence electrons. The molecule has 1 aromatic carbocycles. The van der Waals surface area contributed by atoms with E-state index in [9.17, 15) is 18.4 Å². The van der Waals surface area contributed by atoms with E-state index in [4.69, 9.17) is 5.11 Å². The average Bonchev–Trinajstić information content (AvgIpc) is 2.43. The monoisotopic (exact) mass is 285 g/mol. The number of unbranched alkanes of at least 4 members (excludes halogenated alkanes) is 1. The van der Waals surface area contributed by atoms with Gasteiger partial charge in [0.15, 0.2) is 0 Å². The molecule has 1 rings (SSSR count). The number of alkyl halides is 2. The lowest BCUT2D eigenvalue weighted by molar-refractivity contribution is -0.152. The Morgan fingerprint density at radius 3 is 2.40 bits per heavy atom. The van der Waals surface area contributed by atoms with E-state index in [-0.39, 0.29) is 6.42 Å². The minimum atomic E-state index is -3.75. The third-order valence-corrected chi connectivity index (χ3v) is 2.87. The fourth-order valence-corrected chi connectivity index (χ4v) is 1.69. The smallest absolute Gasteiger partial charge is 0.349 e. The van der Waals surface area contributed by atoms with Gasteiger partial charge in [0.25, 0.3) is 5.91 Å². The molecule has 0 aliphatic carbocycles. The van der Waals surface area contributed by atoms with E-state index >= 15 is 0 Å². The summed E-state index contributed by atoms with van der Waals surface area (Å²) < 4.78 is 27.8. The van der Waals surface area contributed by atoms with Gasteiger partial charge in [-0.15, -0.1) is 0 Å². The maximum atomic E-state index is 13.9. The van der Waals surface area contributed by atoms with Crippen LogP contribution < -0.4 is 5.32 Å². The summed E-state index contributed by atoms with van der Waals surface area (Å²) in [6, 6.07) is 5.30. The zero-order valence-electron chi connectivity index (χ0n) is 11.1. The number of carbonyl (C=O) groups is 2. The maximum absolute atomic E-state index is 13.9. The summed E-state index contributed by atoms with van der Waals surface area (Å²) in [6.07, 6.45) is 1.38. The number of benzene rings is 1. The van der Waals surface area contributed by atoms with Gasteiger partial charge in [-0.2, -0.15) is 8.78 Å². The second-order valence-electron chi connectivity index (χ2n) is 4.45. The molecule has 1 unspecified atom stereocenters. The van der Waals surface area contributed by atoms with Crippen molar-refractivity contribution in [2.75, 3.05) is 0 Å². The van der Waals surface area contributed by atoms with Crippen LogP contribution in [0.2, 0.25) is 0 Å². The fraction of sp³-hybridized carbons (Fsp3) is 0.429. The number of rotatable bonds is 7. The van der Waals surface area contributed by atoms with E-state index in [0.717, 1.165) is 12.1 Å². The lowest BCUT2D eigenvalue weighted by Gasteiger charge is -2.20. The predicted molar refractivity (Wildman–Crippen MR) is 69.4 cm³/mol. The Balaban J connectivity index is 2.80. The fourth-order valence-electron chi connectivity index (χ4n) is 1.69. The average molecular weight is 285 g/mol. The highest BCUT2D eigenvalue weighted by molar-refractivity contribution is 5.88. The van der Waals surface area contributed by atoms with Gasteiger partial charge in [0.1, 0.15) is 6.04 Å². The van der Waals surface area contributed by atoms with Gasteiger partial charge < -0.3 is 10.4 Å². The third-order valence-electron chi connectivity index (χ3n) is 2.87. The molecule has 1 amide bonds. The molecule has 2 N–H and O–H groups in total. The Labute approximate surface area is 115 Å². The quantitative estimate of drug-likeness (QED) is 0.809. The van der Waals surface area contributed by atoms with Crippen molar-refractivity contribution < 1.29 is 23.5 Å². The molecule has 20 heavy (non-hydrogen) atoms. The zero-order valence-corrected chi connectivity index (χ0v) is 11.1. The molecule has 0 radical (unpaired) electrons. The number of hydrogen-bond acceptors (Lipinski definition) is 2. The minimum Gasteiger partial charge on any atom is -0.480 e. The maximum Gasteiger partial charge on any atom is 0.349 e. The summed E-state index contributed by atoms with van der Waals surface area (Å²) in [4.78, 5) is 22.6. The van der Waals surface area contributed by atoms with Crippen LogP contribution in [0.1, 0.15) is 31.7 Å². The summed E-state index contributed by atoms with van der Waals surface area (Å²) >= 11 is 0. The minimum absolute atomic E-state index is 0.127. The van der Waals surface area contributed by atoms with Crippen molar-refractivity contribution in [3.63, 3.8) is 0 Å². The van der Waals surface area contributed by atoms with Crippen molar-refractivity contribution in [2.45, 2.75) is 38.2 Å². The van der Waals surface area contributed by atoms with Crippen molar-refractivity contribution in [1.82, 2.24) is 5.32 Å². The number of hydrogen-bond donors (Lipinski definition) is 2. The summed E-state index contributed by atoms with van der Waals surface area (Å²) in [7, 11) is 0. The molecule has 1 atom stereocenters. The van der Waals surface area contributed by atoms with E-state index in [1.54, 1.807) is 6.07 Å². The molecular formula is C14H17F2NO3. The second kappa shape index (κ2) is 6.98. The summed E-state index contributed by atoms with van der Waals surface area (Å²) in [6.45, 7) is 1.85. The molecule has 1 aromatic rings. The van der Waals surface area contributed by atoms with Gasteiger partial charge in [0.2, 0.25) is 0 Å². The van der Waals surface area contributed by atoms with Gasteiger partial charge in [-0.1, -0.05) is 50.1 Å². The first-order chi connectivity index (χ1) is 9.39. The normalized spacial score (nSPS) is 12.8. The van der Waals surface area contributed by atoms with Gasteiger partial charge >= 0.3 is 11.9 Å². The van der Waals surface area contributed by atoms with Crippen molar-refractivity contribution in [1.29, 1.82) is 0 Å². The van der Waals surface area contributed by atoms with Crippen LogP contribution in [0.5, 0.6) is 0 Å². The van der Waals surface area contributed by atoms with Gasteiger partial charge in [-0.25, -0.2) is 4.79 Å². The molecule has 0 saturated carbocycles. The SMILES string of the molecule is CCCCC(NC(=O)C(F)(F)c1ccccc1)C(=O)O. The van der Waals surface area contributed by atoms with Crippen LogP contribution in [0.3, 0.4) is 0 Å². The molecule has 0 saturated heterocycles. The number of carboxylic acids is 1. The van der Waals surface area contributed by atoms with Crippen LogP contribution in [-0.2, 0) is 15.5 Å². The standard InChI is InChI=1S/C14H17F2NO3/c1-2-3-9-11(12(18)19)17-13(20)14(15,16)10-7-5-4-6-8-10/h4-8,11H,2-3,9H2,1H3,(H,17,20)(H,18,19). The Hall–Kier alpha value is -1.98. The second-order valence-corrected chi connectivity index (χ2v) is 4.45.